The molecule has 0 bridgehead atoms. The molecule has 2 aliphatic rings. The highest BCUT2D eigenvalue weighted by Gasteiger charge is 2.71. The van der Waals surface area contributed by atoms with E-state index in [0.29, 0.717) is 16.6 Å². The van der Waals surface area contributed by atoms with Gasteiger partial charge in [0.15, 0.2) is 0 Å². The van der Waals surface area contributed by atoms with Gasteiger partial charge in [0.2, 0.25) is 0 Å². The van der Waals surface area contributed by atoms with Crippen molar-refractivity contribution in [1.29, 1.82) is 0 Å². The average Bonchev–Trinajstić information content (AvgIpc) is 2.50. The van der Waals surface area contributed by atoms with Gasteiger partial charge in [-0.3, -0.25) is 0 Å². The lowest BCUT2D eigenvalue weighted by atomic mass is 9.88. The summed E-state index contributed by atoms with van der Waals surface area (Å²) in [7, 11) is 0. The number of hydrogen-bond donors (Lipinski definition) is 0. The Labute approximate surface area is 89.3 Å². The van der Waals surface area contributed by atoms with Crippen molar-refractivity contribution in [1.82, 2.24) is 0 Å². The number of fused-ring (bicyclic) bond motifs is 1. The van der Waals surface area contributed by atoms with Gasteiger partial charge in [0.05, 0.1) is 5.54 Å². The third-order valence-corrected chi connectivity index (χ3v) is 5.58. The third kappa shape index (κ3) is 1.04. The second kappa shape index (κ2) is 2.83. The highest BCUT2D eigenvalue weighted by atomic mass is 32.2. The highest BCUT2D eigenvalue weighted by Crippen LogP contribution is 2.72. The van der Waals surface area contributed by atoms with Gasteiger partial charge in [-0.05, 0) is 35.5 Å². The zero-order valence-corrected chi connectivity index (χ0v) is 10.0. The number of rotatable bonds is 2. The fraction of sp³-hybridized carbons (Fsp3) is 1.00. The fourth-order valence-corrected chi connectivity index (χ4v) is 4.64. The molecule has 4 heteroatoms. The molecule has 14 heavy (non-hydrogen) atoms. The van der Waals surface area contributed by atoms with Crippen LogP contribution in [0.1, 0.15) is 27.2 Å². The molecule has 2 saturated carbocycles. The fourth-order valence-electron chi connectivity index (χ4n) is 3.57. The molecule has 2 aliphatic carbocycles. The molecular weight excluding hydrogens is 194 g/mol. The van der Waals surface area contributed by atoms with Gasteiger partial charge in [-0.1, -0.05) is 25.9 Å². The topological polar surface area (TPSA) is 48.8 Å². The summed E-state index contributed by atoms with van der Waals surface area (Å²) in [5.74, 6) is 1.37. The summed E-state index contributed by atoms with van der Waals surface area (Å²) in [4.78, 5) is 3.04. The summed E-state index contributed by atoms with van der Waals surface area (Å²) < 4.78 is 0. The molecule has 0 aliphatic heterocycles. The zero-order valence-electron chi connectivity index (χ0n) is 9.19. The van der Waals surface area contributed by atoms with E-state index in [9.17, 15) is 0 Å². The lowest BCUT2D eigenvalue weighted by Gasteiger charge is -2.31. The monoisotopic (exact) mass is 211 g/mol. The molecule has 2 rings (SSSR count). The summed E-state index contributed by atoms with van der Waals surface area (Å²) in [6, 6.07) is 0. The number of thioether (sulfide) groups is 1. The molecule has 0 amide bonds. The van der Waals surface area contributed by atoms with Gasteiger partial charge < -0.3 is 0 Å². The van der Waals surface area contributed by atoms with Crippen molar-refractivity contribution in [2.24, 2.45) is 22.4 Å². The van der Waals surface area contributed by atoms with E-state index in [4.69, 9.17) is 5.53 Å². The van der Waals surface area contributed by atoms with Gasteiger partial charge in [0.1, 0.15) is 0 Å². The molecule has 78 valence electrons. The zero-order chi connectivity index (χ0) is 10.6. The van der Waals surface area contributed by atoms with Gasteiger partial charge in [0.25, 0.3) is 0 Å². The molecule has 0 spiro atoms. The SMILES string of the molecule is CSC1CC2C(C2(C)C)C1(C)N=[N+]=[N-]. The first kappa shape index (κ1) is 10.2. The van der Waals surface area contributed by atoms with Crippen LogP contribution in [0, 0.1) is 17.3 Å². The van der Waals surface area contributed by atoms with Crippen LogP contribution in [0.3, 0.4) is 0 Å². The highest BCUT2D eigenvalue weighted by molar-refractivity contribution is 7.99. The maximum Gasteiger partial charge on any atom is 0.0614 e. The van der Waals surface area contributed by atoms with Crippen LogP contribution in [0.2, 0.25) is 0 Å². The predicted octanol–water partition coefficient (Wildman–Crippen LogP) is 3.46. The minimum Gasteiger partial charge on any atom is -0.161 e. The number of azide groups is 1. The van der Waals surface area contributed by atoms with Crippen LogP contribution in [-0.2, 0) is 0 Å². The summed E-state index contributed by atoms with van der Waals surface area (Å²) in [6.45, 7) is 6.72. The van der Waals surface area contributed by atoms with E-state index >= 15 is 0 Å². The van der Waals surface area contributed by atoms with Crippen LogP contribution in [0.4, 0.5) is 0 Å². The van der Waals surface area contributed by atoms with Crippen molar-refractivity contribution >= 4 is 11.8 Å². The van der Waals surface area contributed by atoms with E-state index in [0.717, 1.165) is 5.92 Å². The van der Waals surface area contributed by atoms with Gasteiger partial charge in [0, 0.05) is 10.2 Å². The molecule has 0 aromatic rings. The Bertz CT molecular complexity index is 308. The summed E-state index contributed by atoms with van der Waals surface area (Å²) >= 11 is 1.85. The smallest absolute Gasteiger partial charge is 0.0614 e. The first-order chi connectivity index (χ1) is 6.48. The molecule has 0 aromatic heterocycles. The normalized spacial score (nSPS) is 48.1. The molecule has 0 saturated heterocycles. The lowest BCUT2D eigenvalue weighted by molar-refractivity contribution is 0.343. The standard InChI is InChI=1S/C10H17N3S/c1-9(2)6-5-7(14-4)10(3,8(6)9)12-13-11/h6-8H,5H2,1-4H3. The Hall–Kier alpha value is -0.340. The summed E-state index contributed by atoms with van der Waals surface area (Å²) in [6.07, 6.45) is 3.34. The van der Waals surface area contributed by atoms with Crippen LogP contribution < -0.4 is 0 Å². The van der Waals surface area contributed by atoms with Crippen LogP contribution in [0.5, 0.6) is 0 Å². The van der Waals surface area contributed by atoms with Gasteiger partial charge in [-0.15, -0.1) is 0 Å². The minimum atomic E-state index is -0.150. The molecular formula is C10H17N3S. The maximum absolute atomic E-state index is 8.66. The van der Waals surface area contributed by atoms with Crippen LogP contribution in [0.25, 0.3) is 10.4 Å². The Morgan fingerprint density at radius 2 is 2.07 bits per heavy atom. The van der Waals surface area contributed by atoms with E-state index in [1.165, 1.54) is 6.42 Å². The molecule has 0 radical (unpaired) electrons. The summed E-state index contributed by atoms with van der Waals surface area (Å²) in [5, 5.41) is 4.60. The predicted molar refractivity (Wildman–Crippen MR) is 60.2 cm³/mol. The van der Waals surface area contributed by atoms with Gasteiger partial charge >= 0.3 is 0 Å². The van der Waals surface area contributed by atoms with Crippen molar-refractivity contribution in [3.8, 4) is 0 Å². The van der Waals surface area contributed by atoms with Crippen LogP contribution >= 0.6 is 11.8 Å². The first-order valence-corrected chi connectivity index (χ1v) is 6.36. The van der Waals surface area contributed by atoms with E-state index < -0.39 is 0 Å². The third-order valence-electron chi connectivity index (χ3n) is 4.34. The van der Waals surface area contributed by atoms with Crippen molar-refractivity contribution in [2.75, 3.05) is 6.26 Å². The molecule has 3 nitrogen and oxygen atoms in total. The lowest BCUT2D eigenvalue weighted by Crippen LogP contribution is -2.36. The van der Waals surface area contributed by atoms with Gasteiger partial charge in [-0.25, -0.2) is 0 Å². The Morgan fingerprint density at radius 3 is 2.57 bits per heavy atom. The second-order valence-electron chi connectivity index (χ2n) is 5.28. The summed E-state index contributed by atoms with van der Waals surface area (Å²) in [5.41, 5.74) is 8.91. The quantitative estimate of drug-likeness (QED) is 0.392. The van der Waals surface area contributed by atoms with Crippen molar-refractivity contribution in [3.63, 3.8) is 0 Å². The van der Waals surface area contributed by atoms with Crippen molar-refractivity contribution < 1.29 is 0 Å². The van der Waals surface area contributed by atoms with E-state index in [-0.39, 0.29) is 5.54 Å². The molecule has 4 unspecified atom stereocenters. The van der Waals surface area contributed by atoms with E-state index in [2.05, 4.69) is 37.1 Å². The largest absolute Gasteiger partial charge is 0.161 e. The minimum absolute atomic E-state index is 0.150. The first-order valence-electron chi connectivity index (χ1n) is 5.07. The van der Waals surface area contributed by atoms with Gasteiger partial charge in [-0.2, -0.15) is 11.8 Å². The molecule has 0 heterocycles. The van der Waals surface area contributed by atoms with E-state index in [1.54, 1.807) is 0 Å². The number of nitrogens with zero attached hydrogens (tertiary/aromatic N) is 3. The van der Waals surface area contributed by atoms with Crippen LogP contribution in [-0.4, -0.2) is 17.0 Å². The van der Waals surface area contributed by atoms with Crippen molar-refractivity contribution in [2.45, 2.75) is 38.0 Å². The van der Waals surface area contributed by atoms with Crippen molar-refractivity contribution in [3.05, 3.63) is 10.4 Å². The Morgan fingerprint density at radius 1 is 1.43 bits per heavy atom. The Kier molecular flexibility index (Phi) is 2.06. The van der Waals surface area contributed by atoms with Crippen LogP contribution in [0.15, 0.2) is 5.11 Å². The molecule has 4 atom stereocenters. The molecule has 2 fully saturated rings. The number of hydrogen-bond acceptors (Lipinski definition) is 2. The van der Waals surface area contributed by atoms with E-state index in [1.807, 2.05) is 11.8 Å². The second-order valence-corrected chi connectivity index (χ2v) is 6.32. The molecule has 0 N–H and O–H groups in total. The molecule has 0 aromatic carbocycles. The average molecular weight is 211 g/mol. The maximum atomic E-state index is 8.66. The Balaban J connectivity index is 2.31.